The maximum Gasteiger partial charge on any atom is 0.465 e. The van der Waals surface area contributed by atoms with Crippen molar-refractivity contribution in [3.8, 4) is 0 Å². The minimum absolute atomic E-state index is 0.0433. The van der Waals surface area contributed by atoms with Crippen molar-refractivity contribution in [3.63, 3.8) is 0 Å². The van der Waals surface area contributed by atoms with Gasteiger partial charge in [0.25, 0.3) is 0 Å². The van der Waals surface area contributed by atoms with Crippen LogP contribution in [-0.4, -0.2) is 30.8 Å². The zero-order valence-corrected chi connectivity index (χ0v) is 13.3. The fraction of sp³-hybridized carbons (Fsp3) is 0.933. The molecular weight excluding hydrogens is 330 g/mol. The Morgan fingerprint density at radius 1 is 1.09 bits per heavy atom. The second-order valence-corrected chi connectivity index (χ2v) is 9.20. The summed E-state index contributed by atoms with van der Waals surface area (Å²) in [5.74, 6) is 1.85. The molecule has 4 saturated carbocycles. The Morgan fingerprint density at radius 3 is 2.39 bits per heavy atom. The van der Waals surface area contributed by atoms with E-state index in [2.05, 4.69) is 4.74 Å². The molecule has 0 saturated heterocycles. The lowest BCUT2D eigenvalue weighted by Crippen LogP contribution is -2.41. The molecule has 130 valence electrons. The number of halogens is 2. The highest BCUT2D eigenvalue weighted by Gasteiger charge is 2.62. The lowest BCUT2D eigenvalue weighted by atomic mass is 9.68. The third-order valence-corrected chi connectivity index (χ3v) is 7.68. The van der Waals surface area contributed by atoms with Crippen LogP contribution in [0.5, 0.6) is 0 Å². The van der Waals surface area contributed by atoms with E-state index in [1.165, 1.54) is 19.3 Å². The molecule has 1 N–H and O–H groups in total. The summed E-state index contributed by atoms with van der Waals surface area (Å²) < 4.78 is 60.5. The van der Waals surface area contributed by atoms with E-state index in [0.717, 1.165) is 30.6 Å². The zero-order valence-electron chi connectivity index (χ0n) is 12.5. The molecule has 0 heterocycles. The number of fused-ring (bicyclic) bond motifs is 9. The van der Waals surface area contributed by atoms with Crippen LogP contribution in [0.4, 0.5) is 8.78 Å². The number of rotatable bonds is 4. The number of carbonyl (C=O) groups excluding carboxylic acids is 1. The molecular formula is C15H20F2O5S. The Kier molecular flexibility index (Phi) is 3.34. The first-order valence-corrected chi connectivity index (χ1v) is 9.66. The standard InChI is InChI=1S/C15H20F2O5S/c16-15(17,23(19,20)21)14(18)22-6-10-4-9-5-11(10)13-8-2-1-7(3-8)12(9)13/h7-13H,1-6H2,(H,19,20,21)/t7?,8?,9?,10-,11?,12?,13?/m0/s1. The van der Waals surface area contributed by atoms with Crippen molar-refractivity contribution in [2.24, 2.45) is 41.4 Å². The van der Waals surface area contributed by atoms with E-state index in [-0.39, 0.29) is 12.5 Å². The first-order chi connectivity index (χ1) is 10.7. The SMILES string of the molecule is O=C(OC[C@@H]1CC2CC1C1C3CCC(C3)C21)C(F)(F)S(=O)(=O)O. The Bertz CT molecular complexity index is 634. The second kappa shape index (κ2) is 4.88. The molecule has 0 spiro atoms. The van der Waals surface area contributed by atoms with E-state index < -0.39 is 21.3 Å². The molecule has 6 unspecified atom stereocenters. The molecule has 23 heavy (non-hydrogen) atoms. The molecule has 0 aromatic heterocycles. The highest BCUT2D eigenvalue weighted by molar-refractivity contribution is 7.87. The van der Waals surface area contributed by atoms with Crippen LogP contribution in [0, 0.1) is 41.4 Å². The molecule has 4 aliphatic rings. The summed E-state index contributed by atoms with van der Waals surface area (Å²) in [6.45, 7) is -0.175. The van der Waals surface area contributed by atoms with Crippen LogP contribution in [0.2, 0.25) is 0 Å². The van der Waals surface area contributed by atoms with Crippen molar-refractivity contribution in [3.05, 3.63) is 0 Å². The van der Waals surface area contributed by atoms with Crippen LogP contribution in [0.25, 0.3) is 0 Å². The number of carbonyl (C=O) groups is 1. The van der Waals surface area contributed by atoms with E-state index in [0.29, 0.717) is 17.8 Å². The van der Waals surface area contributed by atoms with E-state index >= 15 is 0 Å². The molecule has 0 amide bonds. The summed E-state index contributed by atoms with van der Waals surface area (Å²) in [5, 5.41) is -4.89. The van der Waals surface area contributed by atoms with E-state index in [1.54, 1.807) is 0 Å². The van der Waals surface area contributed by atoms with Gasteiger partial charge in [-0.05, 0) is 73.5 Å². The van der Waals surface area contributed by atoms with Crippen LogP contribution >= 0.6 is 0 Å². The predicted molar refractivity (Wildman–Crippen MR) is 75.0 cm³/mol. The predicted octanol–water partition coefficient (Wildman–Crippen LogP) is 2.33. The average Bonchev–Trinajstić information content (AvgIpc) is 3.20. The Morgan fingerprint density at radius 2 is 1.74 bits per heavy atom. The topological polar surface area (TPSA) is 80.7 Å². The largest absolute Gasteiger partial charge is 0.465 e. The summed E-state index contributed by atoms with van der Waals surface area (Å²) >= 11 is 0. The molecule has 4 bridgehead atoms. The van der Waals surface area contributed by atoms with Crippen LogP contribution < -0.4 is 0 Å². The van der Waals surface area contributed by atoms with Gasteiger partial charge in [-0.15, -0.1) is 0 Å². The third kappa shape index (κ3) is 2.17. The van der Waals surface area contributed by atoms with Gasteiger partial charge in [0, 0.05) is 0 Å². The minimum atomic E-state index is -5.79. The van der Waals surface area contributed by atoms with Gasteiger partial charge in [0.05, 0.1) is 6.61 Å². The van der Waals surface area contributed by atoms with E-state index in [9.17, 15) is 22.0 Å². The molecule has 0 aliphatic heterocycles. The molecule has 4 rings (SSSR count). The van der Waals surface area contributed by atoms with Crippen molar-refractivity contribution < 1.29 is 31.3 Å². The number of esters is 1. The Labute approximate surface area is 133 Å². The molecule has 5 nitrogen and oxygen atoms in total. The molecule has 4 aliphatic carbocycles. The lowest BCUT2D eigenvalue weighted by molar-refractivity contribution is -0.163. The maximum absolute atomic E-state index is 13.2. The van der Waals surface area contributed by atoms with Crippen LogP contribution in [0.3, 0.4) is 0 Å². The fourth-order valence-corrected chi connectivity index (χ4v) is 6.54. The van der Waals surface area contributed by atoms with E-state index in [4.69, 9.17) is 4.55 Å². The first-order valence-electron chi connectivity index (χ1n) is 8.22. The smallest absolute Gasteiger partial charge is 0.460 e. The maximum atomic E-state index is 13.2. The number of ether oxygens (including phenoxy) is 1. The monoisotopic (exact) mass is 350 g/mol. The molecule has 0 radical (unpaired) electrons. The molecule has 7 atom stereocenters. The molecule has 8 heteroatoms. The van der Waals surface area contributed by atoms with Gasteiger partial charge in [-0.1, -0.05) is 0 Å². The van der Waals surface area contributed by atoms with Crippen molar-refractivity contribution in [2.75, 3.05) is 6.61 Å². The van der Waals surface area contributed by atoms with Gasteiger partial charge >= 0.3 is 21.3 Å². The molecule has 0 aromatic carbocycles. The Hall–Kier alpha value is -0.760. The first kappa shape index (κ1) is 15.7. The quantitative estimate of drug-likeness (QED) is 0.478. The number of hydrogen-bond donors (Lipinski definition) is 1. The fourth-order valence-electron chi connectivity index (χ4n) is 6.27. The van der Waals surface area contributed by atoms with Crippen LogP contribution in [0.1, 0.15) is 32.1 Å². The van der Waals surface area contributed by atoms with Gasteiger partial charge < -0.3 is 4.74 Å². The second-order valence-electron chi connectivity index (χ2n) is 7.73. The van der Waals surface area contributed by atoms with Gasteiger partial charge in [0.2, 0.25) is 0 Å². The zero-order chi connectivity index (χ0) is 16.6. The van der Waals surface area contributed by atoms with Gasteiger partial charge in [-0.3, -0.25) is 4.55 Å². The summed E-state index contributed by atoms with van der Waals surface area (Å²) in [4.78, 5) is 11.3. The van der Waals surface area contributed by atoms with E-state index in [1.807, 2.05) is 0 Å². The highest BCUT2D eigenvalue weighted by Crippen LogP contribution is 2.68. The normalized spacial score (nSPS) is 44.6. The third-order valence-electron chi connectivity index (χ3n) is 6.86. The summed E-state index contributed by atoms with van der Waals surface area (Å²) in [7, 11) is -5.79. The lowest BCUT2D eigenvalue weighted by Gasteiger charge is -2.38. The minimum Gasteiger partial charge on any atom is -0.460 e. The van der Waals surface area contributed by atoms with Crippen molar-refractivity contribution in [1.29, 1.82) is 0 Å². The number of alkyl halides is 2. The highest BCUT2D eigenvalue weighted by atomic mass is 32.2. The number of hydrogen-bond acceptors (Lipinski definition) is 4. The van der Waals surface area contributed by atoms with Crippen molar-refractivity contribution in [1.82, 2.24) is 0 Å². The summed E-state index contributed by atoms with van der Waals surface area (Å²) in [6, 6.07) is 0. The molecule has 0 aromatic rings. The average molecular weight is 350 g/mol. The summed E-state index contributed by atoms with van der Waals surface area (Å²) in [5.41, 5.74) is 0. The van der Waals surface area contributed by atoms with Gasteiger partial charge in [0.15, 0.2) is 0 Å². The Balaban J connectivity index is 1.40. The van der Waals surface area contributed by atoms with Crippen molar-refractivity contribution >= 4 is 16.1 Å². The van der Waals surface area contributed by atoms with Crippen LogP contribution in [-0.2, 0) is 19.6 Å². The van der Waals surface area contributed by atoms with Crippen LogP contribution in [0.15, 0.2) is 0 Å². The van der Waals surface area contributed by atoms with Gasteiger partial charge in [-0.25, -0.2) is 4.79 Å². The molecule has 4 fully saturated rings. The summed E-state index contributed by atoms with van der Waals surface area (Å²) in [6.07, 6.45) is 5.81. The van der Waals surface area contributed by atoms with Crippen molar-refractivity contribution in [2.45, 2.75) is 37.4 Å². The van der Waals surface area contributed by atoms with Gasteiger partial charge in [0.1, 0.15) is 0 Å². The van der Waals surface area contributed by atoms with Gasteiger partial charge in [-0.2, -0.15) is 17.2 Å².